The van der Waals surface area contributed by atoms with E-state index in [2.05, 4.69) is 20.9 Å². The molecule has 2 N–H and O–H groups in total. The van der Waals surface area contributed by atoms with Gasteiger partial charge in [0, 0.05) is 29.9 Å². The zero-order valence-corrected chi connectivity index (χ0v) is 20.1. The maximum atomic E-state index is 12.7. The van der Waals surface area contributed by atoms with Crippen LogP contribution in [0.4, 0.5) is 5.69 Å². The molecule has 0 atom stereocenters. The van der Waals surface area contributed by atoms with Crippen LogP contribution in [0.5, 0.6) is 0 Å². The van der Waals surface area contributed by atoms with Crippen LogP contribution in [0.25, 0.3) is 11.3 Å². The van der Waals surface area contributed by atoms with Crippen molar-refractivity contribution in [2.24, 2.45) is 0 Å². The molecule has 0 radical (unpaired) electrons. The molecule has 2 aromatic carbocycles. The monoisotopic (exact) mass is 508 g/mol. The summed E-state index contributed by atoms with van der Waals surface area (Å²) in [4.78, 5) is 23.2. The highest BCUT2D eigenvalue weighted by Gasteiger charge is 2.17. The number of nitro groups is 1. The predicted molar refractivity (Wildman–Crippen MR) is 136 cm³/mol. The second-order valence-corrected chi connectivity index (χ2v) is 8.58. The number of rotatable bonds is 8. The van der Waals surface area contributed by atoms with Gasteiger partial charge in [0.2, 0.25) is 5.16 Å². The Balaban J connectivity index is 1.42. The molecule has 0 saturated heterocycles. The Kier molecular flexibility index (Phi) is 7.53. The first-order valence-electron chi connectivity index (χ1n) is 10.5. The Hall–Kier alpha value is -4.03. The minimum Gasteiger partial charge on any atom is -0.451 e. The van der Waals surface area contributed by atoms with Crippen LogP contribution in [0, 0.1) is 10.1 Å². The van der Waals surface area contributed by atoms with Crippen molar-refractivity contribution in [1.82, 2.24) is 20.2 Å². The van der Waals surface area contributed by atoms with Crippen molar-refractivity contribution in [3.8, 4) is 11.3 Å². The van der Waals surface area contributed by atoms with Crippen molar-refractivity contribution in [2.75, 3.05) is 5.43 Å². The number of aromatic nitrogens is 3. The van der Waals surface area contributed by atoms with Crippen LogP contribution in [0.3, 0.4) is 0 Å². The largest absolute Gasteiger partial charge is 0.451 e. The second kappa shape index (κ2) is 10.9. The van der Waals surface area contributed by atoms with E-state index in [0.29, 0.717) is 34.5 Å². The summed E-state index contributed by atoms with van der Waals surface area (Å²) in [5.41, 5.74) is 4.51. The van der Waals surface area contributed by atoms with Crippen LogP contribution in [0.2, 0.25) is 0 Å². The maximum absolute atomic E-state index is 12.7. The van der Waals surface area contributed by atoms with E-state index in [0.717, 1.165) is 5.56 Å². The molecule has 178 valence electrons. The summed E-state index contributed by atoms with van der Waals surface area (Å²) in [7, 11) is 0. The van der Waals surface area contributed by atoms with Crippen molar-refractivity contribution in [2.45, 2.75) is 24.3 Å². The number of thiocarbonyl (C=S) groups is 1. The lowest BCUT2D eigenvalue weighted by Gasteiger charge is -2.13. The third kappa shape index (κ3) is 5.91. The third-order valence-electron chi connectivity index (χ3n) is 4.84. The lowest BCUT2D eigenvalue weighted by molar-refractivity contribution is -0.384. The number of carbonyl (C=O) groups excluding carboxylic acids is 1. The fourth-order valence-corrected chi connectivity index (χ4v) is 4.19. The van der Waals surface area contributed by atoms with E-state index in [4.69, 9.17) is 16.6 Å². The Morgan fingerprint density at radius 3 is 2.69 bits per heavy atom. The van der Waals surface area contributed by atoms with Crippen LogP contribution in [-0.4, -0.2) is 30.8 Å². The average molecular weight is 509 g/mol. The first-order valence-corrected chi connectivity index (χ1v) is 11.9. The lowest BCUT2D eigenvalue weighted by Crippen LogP contribution is -2.38. The van der Waals surface area contributed by atoms with Gasteiger partial charge >= 0.3 is 0 Å². The second-order valence-electron chi connectivity index (χ2n) is 7.23. The molecular formula is C23H20N6O4S2. The molecule has 1 amide bonds. The minimum absolute atomic E-state index is 0.00815. The molecule has 4 aromatic rings. The van der Waals surface area contributed by atoms with Gasteiger partial charge in [-0.2, -0.15) is 0 Å². The van der Waals surface area contributed by atoms with E-state index in [1.165, 1.54) is 30.0 Å². The number of thioether (sulfide) groups is 1. The van der Waals surface area contributed by atoms with Gasteiger partial charge in [-0.3, -0.25) is 25.7 Å². The number of aryl methyl sites for hydroxylation is 1. The Morgan fingerprint density at radius 2 is 1.94 bits per heavy atom. The molecule has 2 heterocycles. The summed E-state index contributed by atoms with van der Waals surface area (Å²) in [5, 5.41) is 22.6. The van der Waals surface area contributed by atoms with Gasteiger partial charge in [-0.1, -0.05) is 61.2 Å². The Bertz CT molecular complexity index is 1370. The third-order valence-corrected chi connectivity index (χ3v) is 6.03. The lowest BCUT2D eigenvalue weighted by atomic mass is 10.1. The first kappa shape index (κ1) is 24.1. The summed E-state index contributed by atoms with van der Waals surface area (Å²) in [6.45, 7) is 1.94. The van der Waals surface area contributed by atoms with Gasteiger partial charge in [-0.05, 0) is 29.9 Å². The molecule has 0 spiro atoms. The summed E-state index contributed by atoms with van der Waals surface area (Å²) in [6, 6.07) is 19.0. The zero-order chi connectivity index (χ0) is 24.8. The van der Waals surface area contributed by atoms with Crippen molar-refractivity contribution < 1.29 is 14.1 Å². The van der Waals surface area contributed by atoms with E-state index in [9.17, 15) is 14.9 Å². The molecular weight excluding hydrogens is 488 g/mol. The van der Waals surface area contributed by atoms with Crippen molar-refractivity contribution in [3.63, 3.8) is 0 Å². The zero-order valence-electron chi connectivity index (χ0n) is 18.5. The Morgan fingerprint density at radius 1 is 1.14 bits per heavy atom. The van der Waals surface area contributed by atoms with Crippen molar-refractivity contribution >= 4 is 40.7 Å². The minimum atomic E-state index is -0.566. The van der Waals surface area contributed by atoms with Gasteiger partial charge in [0.05, 0.1) is 4.92 Å². The van der Waals surface area contributed by atoms with E-state index >= 15 is 0 Å². The van der Waals surface area contributed by atoms with Gasteiger partial charge < -0.3 is 4.42 Å². The number of nitrogens with zero attached hydrogens (tertiary/aromatic N) is 4. The fourth-order valence-electron chi connectivity index (χ4n) is 3.14. The van der Waals surface area contributed by atoms with E-state index in [1.54, 1.807) is 22.9 Å². The number of hydrogen-bond donors (Lipinski definition) is 2. The quantitative estimate of drug-likeness (QED) is 0.152. The average Bonchev–Trinajstić information content (AvgIpc) is 3.51. The summed E-state index contributed by atoms with van der Waals surface area (Å²) < 4.78 is 7.25. The molecule has 4 rings (SSSR count). The molecule has 10 nitrogen and oxygen atoms in total. The molecule has 12 heteroatoms. The molecule has 0 bridgehead atoms. The molecule has 0 aliphatic heterocycles. The number of hydrogen-bond acceptors (Lipinski definition) is 8. The highest BCUT2D eigenvalue weighted by molar-refractivity contribution is 7.98. The summed E-state index contributed by atoms with van der Waals surface area (Å²) >= 11 is 6.81. The molecule has 35 heavy (non-hydrogen) atoms. The molecule has 0 aliphatic rings. The molecule has 0 saturated carbocycles. The topological polar surface area (TPSA) is 128 Å². The smallest absolute Gasteiger partial charge is 0.293 e. The summed E-state index contributed by atoms with van der Waals surface area (Å²) in [6.07, 6.45) is 0.604. The van der Waals surface area contributed by atoms with Crippen LogP contribution in [-0.2, 0) is 12.2 Å². The predicted octanol–water partition coefficient (Wildman–Crippen LogP) is 4.56. The van der Waals surface area contributed by atoms with Crippen LogP contribution >= 0.6 is 24.0 Å². The highest BCUT2D eigenvalue weighted by atomic mass is 32.2. The van der Waals surface area contributed by atoms with Crippen molar-refractivity contribution in [1.29, 1.82) is 0 Å². The number of non-ortho nitro benzene ring substituents is 1. The van der Waals surface area contributed by atoms with Crippen molar-refractivity contribution in [3.05, 3.63) is 94.0 Å². The van der Waals surface area contributed by atoms with Gasteiger partial charge in [0.25, 0.3) is 11.6 Å². The number of nitrogens with one attached hydrogen (secondary N) is 2. The van der Waals surface area contributed by atoms with Gasteiger partial charge in [0.1, 0.15) is 5.76 Å². The normalized spacial score (nSPS) is 10.7. The number of furan rings is 1. The maximum Gasteiger partial charge on any atom is 0.293 e. The van der Waals surface area contributed by atoms with Crippen LogP contribution in [0.1, 0.15) is 28.9 Å². The first-order chi connectivity index (χ1) is 16.9. The van der Waals surface area contributed by atoms with Crippen LogP contribution < -0.4 is 10.7 Å². The molecule has 2 aromatic heterocycles. The standard InChI is InChI=1S/C23H20N6O4S2/c1-2-20-25-26-23(35-14-15-7-4-3-5-8-15)28(20)27-22(34)24-21(30)19-12-11-18(33-19)16-9-6-10-17(13-16)29(31)32/h3-13H,2,14H2,1H3,(H2,24,27,30,34). The Labute approximate surface area is 209 Å². The van der Waals surface area contributed by atoms with Crippen LogP contribution in [0.15, 0.2) is 76.3 Å². The highest BCUT2D eigenvalue weighted by Crippen LogP contribution is 2.26. The number of carbonyl (C=O) groups is 1. The molecule has 0 unspecified atom stereocenters. The molecule has 0 fully saturated rings. The van der Waals surface area contributed by atoms with Gasteiger partial charge in [-0.15, -0.1) is 10.2 Å². The SMILES string of the molecule is CCc1nnc(SCc2ccccc2)n1NC(=S)NC(=O)c1ccc(-c2cccc([N+](=O)[O-])c2)o1. The van der Waals surface area contributed by atoms with E-state index in [-0.39, 0.29) is 16.6 Å². The van der Waals surface area contributed by atoms with Gasteiger partial charge in [0.15, 0.2) is 16.7 Å². The number of benzene rings is 2. The van der Waals surface area contributed by atoms with E-state index < -0.39 is 10.8 Å². The summed E-state index contributed by atoms with van der Waals surface area (Å²) in [5.74, 6) is 1.11. The molecule has 0 aliphatic carbocycles. The van der Waals surface area contributed by atoms with E-state index in [1.807, 2.05) is 37.3 Å². The number of nitro benzene ring substituents is 1. The number of amides is 1. The fraction of sp³-hybridized carbons (Fsp3) is 0.130. The van der Waals surface area contributed by atoms with Gasteiger partial charge in [-0.25, -0.2) is 4.68 Å².